The summed E-state index contributed by atoms with van der Waals surface area (Å²) < 4.78 is 39.3. The third-order valence-electron chi connectivity index (χ3n) is 12.1. The number of aliphatic carboxylic acids is 1. The van der Waals surface area contributed by atoms with Crippen molar-refractivity contribution in [2.75, 3.05) is 18.0 Å². The maximum Gasteiger partial charge on any atom is 0.329 e. The molecule has 3 saturated carbocycles. The number of carboxylic acid groups (broad SMARTS) is 1. The number of halogens is 2. The molecule has 1 amide bonds. The summed E-state index contributed by atoms with van der Waals surface area (Å²) in [6.45, 7) is 5.56. The smallest absolute Gasteiger partial charge is 0.329 e. The summed E-state index contributed by atoms with van der Waals surface area (Å²) in [7, 11) is 1.48. The average Bonchev–Trinajstić information content (AvgIpc) is 3.61. The number of alkyl halides is 2. The van der Waals surface area contributed by atoms with E-state index in [1.54, 1.807) is 6.07 Å². The normalized spacial score (nSPS) is 27.0. The first kappa shape index (κ1) is 36.3. The zero-order valence-corrected chi connectivity index (χ0v) is 31.5. The van der Waals surface area contributed by atoms with Crippen LogP contribution in [0.4, 0.5) is 14.7 Å². The van der Waals surface area contributed by atoms with Gasteiger partial charge in [-0.1, -0.05) is 16.2 Å². The Balaban J connectivity index is 1.08. The zero-order chi connectivity index (χ0) is 37.9. The lowest BCUT2D eigenvalue weighted by atomic mass is 9.78. The van der Waals surface area contributed by atoms with Gasteiger partial charge in [0.25, 0.3) is 5.91 Å². The number of aryl methyl sites for hydroxylation is 1. The molecule has 1 aliphatic heterocycles. The molecule has 54 heavy (non-hydrogen) atoms. The van der Waals surface area contributed by atoms with Crippen LogP contribution in [0, 0.1) is 41.9 Å². The van der Waals surface area contributed by atoms with Crippen molar-refractivity contribution < 1.29 is 28.2 Å². The van der Waals surface area contributed by atoms with E-state index in [2.05, 4.69) is 42.7 Å². The van der Waals surface area contributed by atoms with E-state index in [9.17, 15) is 20.0 Å². The predicted octanol–water partition coefficient (Wildman–Crippen LogP) is 7.26. The lowest BCUT2D eigenvalue weighted by Gasteiger charge is -2.33. The minimum absolute atomic E-state index is 0.0154. The molecular formula is C40H44F2N7O4P. The number of carbonyl (C=O) groups excluding carboxylic acids is 1. The highest BCUT2D eigenvalue weighted by atomic mass is 31.0. The maximum atomic E-state index is 15.4. The number of hydrogen-bond acceptors (Lipinski definition) is 8. The Morgan fingerprint density at radius 1 is 1.09 bits per heavy atom. The highest BCUT2D eigenvalue weighted by Crippen LogP contribution is 2.51. The topological polar surface area (TPSA) is 146 Å². The second-order valence-corrected chi connectivity index (χ2v) is 16.7. The molecule has 11 nitrogen and oxygen atoms in total. The summed E-state index contributed by atoms with van der Waals surface area (Å²) in [4.78, 5) is 42.0. The molecule has 2 N–H and O–H groups in total. The summed E-state index contributed by atoms with van der Waals surface area (Å²) in [5.74, 6) is -0.449. The van der Waals surface area contributed by atoms with Crippen molar-refractivity contribution in [3.05, 3.63) is 65.7 Å². The summed E-state index contributed by atoms with van der Waals surface area (Å²) >= 11 is 0. The van der Waals surface area contributed by atoms with Gasteiger partial charge in [-0.25, -0.2) is 19.7 Å². The van der Waals surface area contributed by atoms with Gasteiger partial charge in [-0.15, -0.1) is 0 Å². The van der Waals surface area contributed by atoms with Crippen molar-refractivity contribution in [2.45, 2.75) is 88.6 Å². The number of nitrogens with zero attached hydrogens (tertiary/aromatic N) is 6. The van der Waals surface area contributed by atoms with Gasteiger partial charge in [0.1, 0.15) is 23.1 Å². The Bertz CT molecular complexity index is 2140. The van der Waals surface area contributed by atoms with Gasteiger partial charge in [0, 0.05) is 67.6 Å². The number of fused-ring (bicyclic) bond motifs is 3. The molecule has 4 fully saturated rings. The zero-order valence-electron chi connectivity index (χ0n) is 30.3. The summed E-state index contributed by atoms with van der Waals surface area (Å²) in [5.41, 5.74) is -3.49. The quantitative estimate of drug-likeness (QED) is 0.169. The van der Waals surface area contributed by atoms with Crippen molar-refractivity contribution in [3.8, 4) is 23.1 Å². The van der Waals surface area contributed by atoms with Crippen LogP contribution in [-0.4, -0.2) is 61.2 Å². The van der Waals surface area contributed by atoms with Crippen LogP contribution in [-0.2, 0) is 10.5 Å². The Kier molecular flexibility index (Phi) is 9.32. The first-order valence-electron chi connectivity index (χ1n) is 18.8. The number of benzene rings is 1. The third-order valence-corrected chi connectivity index (χ3v) is 12.4. The summed E-state index contributed by atoms with van der Waals surface area (Å²) in [6.07, 6.45) is 10.9. The van der Waals surface area contributed by atoms with Crippen LogP contribution in [0.5, 0.6) is 5.75 Å². The molecule has 4 aromatic rings. The second kappa shape index (κ2) is 13.9. The highest BCUT2D eigenvalue weighted by Gasteiger charge is 2.56. The number of hydrogen-bond donors (Lipinski definition) is 2. The van der Waals surface area contributed by atoms with E-state index in [-0.39, 0.29) is 47.6 Å². The van der Waals surface area contributed by atoms with Crippen molar-refractivity contribution in [3.63, 3.8) is 0 Å². The van der Waals surface area contributed by atoms with Crippen LogP contribution in [0.3, 0.4) is 0 Å². The molecule has 2 bridgehead atoms. The molecule has 1 aromatic carbocycles. The number of pyridine rings is 1. The molecule has 282 valence electrons. The van der Waals surface area contributed by atoms with Crippen LogP contribution >= 0.6 is 9.24 Å². The Hall–Kier alpha value is -4.69. The van der Waals surface area contributed by atoms with Crippen LogP contribution in [0.2, 0.25) is 0 Å². The van der Waals surface area contributed by atoms with Gasteiger partial charge in [0.15, 0.2) is 0 Å². The fourth-order valence-corrected chi connectivity index (χ4v) is 9.59. The predicted molar refractivity (Wildman–Crippen MR) is 201 cm³/mol. The third kappa shape index (κ3) is 6.67. The molecule has 3 aromatic heterocycles. The highest BCUT2D eigenvalue weighted by molar-refractivity contribution is 7.17. The number of ether oxygens (including phenoxy) is 1. The lowest BCUT2D eigenvalue weighted by Crippen LogP contribution is -2.57. The molecule has 1 saturated heterocycles. The lowest BCUT2D eigenvalue weighted by molar-refractivity contribution is -0.146. The molecular weight excluding hydrogens is 711 g/mol. The van der Waals surface area contributed by atoms with E-state index in [1.165, 1.54) is 15.3 Å². The van der Waals surface area contributed by atoms with Crippen LogP contribution < -0.4 is 15.0 Å². The molecule has 3 aliphatic carbocycles. The van der Waals surface area contributed by atoms with Gasteiger partial charge in [-0.2, -0.15) is 14.0 Å². The first-order valence-corrected chi connectivity index (χ1v) is 19.4. The van der Waals surface area contributed by atoms with Crippen molar-refractivity contribution >= 4 is 38.0 Å². The maximum absolute atomic E-state index is 15.4. The van der Waals surface area contributed by atoms with E-state index in [0.717, 1.165) is 48.8 Å². The fraction of sp³-hybridized carbons (Fsp3) is 0.500. The minimum Gasteiger partial charge on any atom is -0.490 e. The van der Waals surface area contributed by atoms with Gasteiger partial charge in [-0.3, -0.25) is 4.79 Å². The van der Waals surface area contributed by atoms with E-state index in [4.69, 9.17) is 4.74 Å². The Labute approximate surface area is 314 Å². The summed E-state index contributed by atoms with van der Waals surface area (Å²) in [6, 6.07) is 11.0. The molecule has 0 radical (unpaired) electrons. The van der Waals surface area contributed by atoms with E-state index in [1.807, 2.05) is 43.7 Å². The second-order valence-electron chi connectivity index (χ2n) is 16.0. The molecule has 5 unspecified atom stereocenters. The van der Waals surface area contributed by atoms with Crippen molar-refractivity contribution in [1.82, 2.24) is 24.8 Å². The minimum atomic E-state index is -3.58. The molecule has 14 heteroatoms. The number of carbonyl (C=O) groups is 2. The molecule has 4 heterocycles. The van der Waals surface area contributed by atoms with Crippen molar-refractivity contribution in [2.24, 2.45) is 23.7 Å². The van der Waals surface area contributed by atoms with Crippen LogP contribution in [0.1, 0.15) is 85.9 Å². The number of rotatable bonds is 9. The van der Waals surface area contributed by atoms with E-state index < -0.39 is 28.8 Å². The van der Waals surface area contributed by atoms with Gasteiger partial charge < -0.3 is 24.6 Å². The number of nitrogens with one attached hydrogen (secondary N) is 1. The number of amides is 1. The van der Waals surface area contributed by atoms with Crippen LogP contribution in [0.15, 0.2) is 48.9 Å². The molecule has 0 spiro atoms. The number of anilines is 1. The Morgan fingerprint density at radius 2 is 1.83 bits per heavy atom. The standard InChI is InChI=1S/C40H44F2N7O4P/c1-22-11-24-13-26(12-22)39(17-24,37(51)52)47-36(50)31-5-6-33(46-35(31)40(41,42)54)32-21-49(27-14-25(15-27)18-43)34-16-29(3-4-30(32)34)53-28-7-9-48(10-8-28)38-44-19-23(2)20-45-38/h3-6,16,19-22,24-28H,7-15,17,54H2,1-2H3,(H,47,50)(H,51,52). The molecule has 8 rings (SSSR count). The van der Waals surface area contributed by atoms with Gasteiger partial charge in [0.2, 0.25) is 5.95 Å². The average molecular weight is 756 g/mol. The largest absolute Gasteiger partial charge is 0.490 e. The van der Waals surface area contributed by atoms with Crippen LogP contribution in [0.25, 0.3) is 22.2 Å². The number of piperidine rings is 1. The van der Waals surface area contributed by atoms with E-state index in [0.29, 0.717) is 48.9 Å². The van der Waals surface area contributed by atoms with Gasteiger partial charge in [-0.05, 0) is 93.0 Å². The van der Waals surface area contributed by atoms with Crippen molar-refractivity contribution in [1.29, 1.82) is 5.26 Å². The molecule has 5 atom stereocenters. The Morgan fingerprint density at radius 3 is 2.52 bits per heavy atom. The number of nitriles is 1. The number of aromatic nitrogens is 4. The number of carboxylic acids is 1. The van der Waals surface area contributed by atoms with E-state index >= 15 is 8.78 Å². The van der Waals surface area contributed by atoms with Gasteiger partial charge >= 0.3 is 11.6 Å². The summed E-state index contributed by atoms with van der Waals surface area (Å²) in [5, 5.41) is 23.4. The molecule has 4 aliphatic rings. The fourth-order valence-electron chi connectivity index (χ4n) is 9.37. The first-order chi connectivity index (χ1) is 25.8. The SMILES string of the molecule is Cc1cnc(N2CCC(Oc3ccc4c(-c5ccc(C(=O)NC6(C(=O)O)CC7CC(C)CC6C7)c(C(F)(F)P)n5)cn(C5CC(C#N)C5)c4c3)CC2)nc1. The van der Waals surface area contributed by atoms with Gasteiger partial charge in [0.05, 0.1) is 28.8 Å². The monoisotopic (exact) mass is 755 g/mol.